The van der Waals surface area contributed by atoms with E-state index in [4.69, 9.17) is 0 Å². The standard InChI is InChI=1S/C10H8F3IO2/c1-16-9(15)4-6-2-3-7(14)5-8(6)10(11,12)13/h2-3,5H,4H2,1H3. The molecule has 0 saturated carbocycles. The van der Waals surface area contributed by atoms with Crippen LogP contribution < -0.4 is 0 Å². The molecule has 1 aromatic rings. The molecule has 0 aliphatic heterocycles. The Morgan fingerprint density at radius 3 is 2.56 bits per heavy atom. The zero-order chi connectivity index (χ0) is 12.3. The molecule has 0 aromatic heterocycles. The number of hydrogen-bond acceptors (Lipinski definition) is 2. The van der Waals surface area contributed by atoms with Gasteiger partial charge in [-0.2, -0.15) is 13.2 Å². The van der Waals surface area contributed by atoms with Gasteiger partial charge in [0.25, 0.3) is 0 Å². The Morgan fingerprint density at radius 1 is 1.44 bits per heavy atom. The minimum Gasteiger partial charge on any atom is -0.469 e. The zero-order valence-electron chi connectivity index (χ0n) is 8.27. The van der Waals surface area contributed by atoms with Crippen molar-refractivity contribution in [2.24, 2.45) is 0 Å². The Kier molecular flexibility index (Phi) is 4.17. The second-order valence-electron chi connectivity index (χ2n) is 3.05. The molecule has 1 aromatic carbocycles. The van der Waals surface area contributed by atoms with Gasteiger partial charge < -0.3 is 4.74 Å². The Bertz CT molecular complexity index is 402. The third-order valence-electron chi connectivity index (χ3n) is 1.94. The van der Waals surface area contributed by atoms with Crippen LogP contribution in [0.15, 0.2) is 18.2 Å². The molecule has 0 radical (unpaired) electrons. The van der Waals surface area contributed by atoms with Gasteiger partial charge in [0.1, 0.15) is 0 Å². The highest BCUT2D eigenvalue weighted by Gasteiger charge is 2.33. The second-order valence-corrected chi connectivity index (χ2v) is 4.30. The Morgan fingerprint density at radius 2 is 2.06 bits per heavy atom. The lowest BCUT2D eigenvalue weighted by Crippen LogP contribution is -2.13. The van der Waals surface area contributed by atoms with E-state index >= 15 is 0 Å². The smallest absolute Gasteiger partial charge is 0.416 e. The number of esters is 1. The van der Waals surface area contributed by atoms with Crippen LogP contribution in [0.5, 0.6) is 0 Å². The van der Waals surface area contributed by atoms with Gasteiger partial charge in [0.2, 0.25) is 0 Å². The van der Waals surface area contributed by atoms with Crippen LogP contribution in [0.1, 0.15) is 11.1 Å². The summed E-state index contributed by atoms with van der Waals surface area (Å²) in [6, 6.07) is 3.83. The molecule has 0 aliphatic carbocycles. The highest BCUT2D eigenvalue weighted by molar-refractivity contribution is 14.1. The van der Waals surface area contributed by atoms with Crippen LogP contribution in [0.2, 0.25) is 0 Å². The molecule has 0 heterocycles. The summed E-state index contributed by atoms with van der Waals surface area (Å²) in [5, 5.41) is 0. The van der Waals surface area contributed by atoms with Crippen molar-refractivity contribution >= 4 is 28.6 Å². The minimum atomic E-state index is -4.45. The van der Waals surface area contributed by atoms with Crippen LogP contribution in [-0.2, 0) is 22.1 Å². The van der Waals surface area contributed by atoms with Gasteiger partial charge in [-0.1, -0.05) is 6.07 Å². The van der Waals surface area contributed by atoms with Gasteiger partial charge in [-0.25, -0.2) is 0 Å². The lowest BCUT2D eigenvalue weighted by molar-refractivity contribution is -0.141. The number of halogens is 4. The summed E-state index contributed by atoms with van der Waals surface area (Å²) in [6.07, 6.45) is -4.83. The average molecular weight is 344 g/mol. The SMILES string of the molecule is COC(=O)Cc1ccc(I)cc1C(F)(F)F. The van der Waals surface area contributed by atoms with Gasteiger partial charge in [0.05, 0.1) is 19.1 Å². The van der Waals surface area contributed by atoms with E-state index in [9.17, 15) is 18.0 Å². The summed E-state index contributed by atoms with van der Waals surface area (Å²) in [5.41, 5.74) is -0.857. The zero-order valence-corrected chi connectivity index (χ0v) is 10.4. The summed E-state index contributed by atoms with van der Waals surface area (Å²) in [7, 11) is 1.14. The first-order chi connectivity index (χ1) is 7.34. The van der Waals surface area contributed by atoms with E-state index in [1.54, 1.807) is 22.6 Å². The minimum absolute atomic E-state index is 0.0697. The third-order valence-corrected chi connectivity index (χ3v) is 2.61. The second kappa shape index (κ2) is 5.03. The van der Waals surface area contributed by atoms with E-state index < -0.39 is 17.7 Å². The lowest BCUT2D eigenvalue weighted by Gasteiger charge is -2.12. The molecule has 6 heteroatoms. The van der Waals surface area contributed by atoms with Crippen molar-refractivity contribution in [1.82, 2.24) is 0 Å². The number of rotatable bonds is 2. The van der Waals surface area contributed by atoms with E-state index in [0.717, 1.165) is 13.2 Å². The van der Waals surface area contributed by atoms with Crippen molar-refractivity contribution in [2.75, 3.05) is 7.11 Å². The first-order valence-electron chi connectivity index (χ1n) is 4.27. The fraction of sp³-hybridized carbons (Fsp3) is 0.300. The van der Waals surface area contributed by atoms with E-state index in [-0.39, 0.29) is 12.0 Å². The highest BCUT2D eigenvalue weighted by Crippen LogP contribution is 2.33. The Hall–Kier alpha value is -0.790. The number of alkyl halides is 3. The first-order valence-corrected chi connectivity index (χ1v) is 5.35. The van der Waals surface area contributed by atoms with Gasteiger partial charge in [-0.15, -0.1) is 0 Å². The van der Waals surface area contributed by atoms with Gasteiger partial charge in [-0.3, -0.25) is 4.79 Å². The molecule has 0 spiro atoms. The highest BCUT2D eigenvalue weighted by atomic mass is 127. The van der Waals surface area contributed by atoms with Crippen molar-refractivity contribution in [3.05, 3.63) is 32.9 Å². The molecule has 0 unspecified atom stereocenters. The largest absolute Gasteiger partial charge is 0.469 e. The molecule has 0 N–H and O–H groups in total. The van der Waals surface area contributed by atoms with E-state index in [1.807, 2.05) is 0 Å². The number of carbonyl (C=O) groups is 1. The average Bonchev–Trinajstić information content (AvgIpc) is 2.19. The lowest BCUT2D eigenvalue weighted by atomic mass is 10.0. The summed E-state index contributed by atoms with van der Waals surface area (Å²) in [4.78, 5) is 11.0. The Balaban J connectivity index is 3.13. The first kappa shape index (κ1) is 13.3. The van der Waals surface area contributed by atoms with Crippen LogP contribution in [0.4, 0.5) is 13.2 Å². The molecule has 88 valence electrons. The molecule has 16 heavy (non-hydrogen) atoms. The fourth-order valence-corrected chi connectivity index (χ4v) is 1.69. The number of benzene rings is 1. The number of ether oxygens (including phenoxy) is 1. The molecule has 0 fully saturated rings. The summed E-state index contributed by atoms with van der Waals surface area (Å²) >= 11 is 1.79. The molecule has 2 nitrogen and oxygen atoms in total. The van der Waals surface area contributed by atoms with Crippen LogP contribution in [0, 0.1) is 3.57 Å². The quantitative estimate of drug-likeness (QED) is 0.609. The van der Waals surface area contributed by atoms with Crippen molar-refractivity contribution in [2.45, 2.75) is 12.6 Å². The molecule has 0 amide bonds. The van der Waals surface area contributed by atoms with Gasteiger partial charge in [-0.05, 0) is 40.3 Å². The van der Waals surface area contributed by atoms with Gasteiger partial charge >= 0.3 is 12.1 Å². The molecule has 0 saturated heterocycles. The molecule has 1 rings (SSSR count). The molecular weight excluding hydrogens is 336 g/mol. The normalized spacial score (nSPS) is 11.3. The third kappa shape index (κ3) is 3.36. The maximum Gasteiger partial charge on any atom is 0.416 e. The topological polar surface area (TPSA) is 26.3 Å². The summed E-state index contributed by atoms with van der Waals surface area (Å²) in [5.74, 6) is -0.688. The van der Waals surface area contributed by atoms with Crippen molar-refractivity contribution in [3.63, 3.8) is 0 Å². The van der Waals surface area contributed by atoms with Crippen LogP contribution >= 0.6 is 22.6 Å². The van der Waals surface area contributed by atoms with E-state index in [0.29, 0.717) is 3.57 Å². The van der Waals surface area contributed by atoms with Crippen LogP contribution in [0.3, 0.4) is 0 Å². The summed E-state index contributed by atoms with van der Waals surface area (Å²) in [6.45, 7) is 0. The summed E-state index contributed by atoms with van der Waals surface area (Å²) < 4.78 is 42.7. The van der Waals surface area contributed by atoms with E-state index in [1.165, 1.54) is 12.1 Å². The predicted octanol–water partition coefficient (Wildman–Crippen LogP) is 3.03. The maximum atomic E-state index is 12.6. The fourth-order valence-electron chi connectivity index (χ4n) is 1.19. The van der Waals surface area contributed by atoms with Crippen molar-refractivity contribution in [1.29, 1.82) is 0 Å². The predicted molar refractivity (Wildman–Crippen MR) is 59.9 cm³/mol. The molecule has 0 aliphatic rings. The maximum absolute atomic E-state index is 12.6. The molecule has 0 bridgehead atoms. The van der Waals surface area contributed by atoms with Crippen LogP contribution in [-0.4, -0.2) is 13.1 Å². The van der Waals surface area contributed by atoms with E-state index in [2.05, 4.69) is 4.74 Å². The monoisotopic (exact) mass is 344 g/mol. The molecular formula is C10H8F3IO2. The molecule has 0 atom stereocenters. The van der Waals surface area contributed by atoms with Crippen molar-refractivity contribution in [3.8, 4) is 0 Å². The van der Waals surface area contributed by atoms with Gasteiger partial charge in [0.15, 0.2) is 0 Å². The van der Waals surface area contributed by atoms with Crippen molar-refractivity contribution < 1.29 is 22.7 Å². The van der Waals surface area contributed by atoms with Crippen LogP contribution in [0.25, 0.3) is 0 Å². The number of hydrogen-bond donors (Lipinski definition) is 0. The number of carbonyl (C=O) groups excluding carboxylic acids is 1. The van der Waals surface area contributed by atoms with Gasteiger partial charge in [0, 0.05) is 3.57 Å². The number of methoxy groups -OCH3 is 1. The Labute approximate surface area is 104 Å².